The lowest BCUT2D eigenvalue weighted by Gasteiger charge is -2.06. The minimum Gasteiger partial charge on any atom is -0.383 e. The SMILES string of the molecule is COCCn1cnc2c(NC3CC3)nc(N)nc21. The zero-order valence-electron chi connectivity index (χ0n) is 10.3. The van der Waals surface area contributed by atoms with Gasteiger partial charge in [-0.15, -0.1) is 0 Å². The van der Waals surface area contributed by atoms with Crippen LogP contribution in [0, 0.1) is 0 Å². The molecule has 0 bridgehead atoms. The molecule has 0 radical (unpaired) electrons. The molecule has 0 saturated heterocycles. The van der Waals surface area contributed by atoms with Gasteiger partial charge in [0.25, 0.3) is 0 Å². The number of methoxy groups -OCH3 is 1. The van der Waals surface area contributed by atoms with E-state index in [1.165, 1.54) is 12.8 Å². The first-order valence-corrected chi connectivity index (χ1v) is 6.02. The average molecular weight is 248 g/mol. The lowest BCUT2D eigenvalue weighted by molar-refractivity contribution is 0.188. The highest BCUT2D eigenvalue weighted by atomic mass is 16.5. The summed E-state index contributed by atoms with van der Waals surface area (Å²) in [5.74, 6) is 1.00. The number of hydrogen-bond donors (Lipinski definition) is 2. The van der Waals surface area contributed by atoms with Crippen molar-refractivity contribution in [2.75, 3.05) is 24.8 Å². The van der Waals surface area contributed by atoms with Crippen LogP contribution in [0.1, 0.15) is 12.8 Å². The minimum absolute atomic E-state index is 0.268. The lowest BCUT2D eigenvalue weighted by atomic mass is 10.4. The number of anilines is 2. The van der Waals surface area contributed by atoms with Crippen LogP contribution in [0.4, 0.5) is 11.8 Å². The van der Waals surface area contributed by atoms with Gasteiger partial charge in [-0.3, -0.25) is 0 Å². The fraction of sp³-hybridized carbons (Fsp3) is 0.545. The molecule has 1 fully saturated rings. The van der Waals surface area contributed by atoms with E-state index in [4.69, 9.17) is 10.5 Å². The number of nitrogen functional groups attached to an aromatic ring is 1. The zero-order chi connectivity index (χ0) is 12.5. The molecule has 0 aliphatic heterocycles. The average Bonchev–Trinajstić information content (AvgIpc) is 3.06. The van der Waals surface area contributed by atoms with Gasteiger partial charge in [0.05, 0.1) is 12.9 Å². The van der Waals surface area contributed by atoms with Crippen LogP contribution in [-0.2, 0) is 11.3 Å². The number of nitrogens with one attached hydrogen (secondary N) is 1. The second kappa shape index (κ2) is 4.41. The third-order valence-electron chi connectivity index (χ3n) is 2.94. The molecule has 0 atom stereocenters. The summed E-state index contributed by atoms with van der Waals surface area (Å²) in [6.07, 6.45) is 4.10. The fourth-order valence-corrected chi connectivity index (χ4v) is 1.84. The number of imidazole rings is 1. The Kier molecular flexibility index (Phi) is 2.75. The second-order valence-electron chi connectivity index (χ2n) is 4.45. The second-order valence-corrected chi connectivity index (χ2v) is 4.45. The Labute approximate surface area is 104 Å². The van der Waals surface area contributed by atoms with Crippen molar-refractivity contribution in [2.24, 2.45) is 0 Å². The summed E-state index contributed by atoms with van der Waals surface area (Å²) in [5, 5.41) is 3.33. The van der Waals surface area contributed by atoms with Crippen LogP contribution in [0.5, 0.6) is 0 Å². The molecule has 1 saturated carbocycles. The van der Waals surface area contributed by atoms with Gasteiger partial charge in [0, 0.05) is 19.7 Å². The normalized spacial score (nSPS) is 15.2. The van der Waals surface area contributed by atoms with Crippen LogP contribution >= 0.6 is 0 Å². The summed E-state index contributed by atoms with van der Waals surface area (Å²) in [4.78, 5) is 12.8. The highest BCUT2D eigenvalue weighted by Crippen LogP contribution is 2.27. The molecule has 3 rings (SSSR count). The third-order valence-corrected chi connectivity index (χ3v) is 2.94. The van der Waals surface area contributed by atoms with Gasteiger partial charge in [-0.2, -0.15) is 9.97 Å². The van der Waals surface area contributed by atoms with Gasteiger partial charge in [-0.1, -0.05) is 0 Å². The predicted molar refractivity (Wildman–Crippen MR) is 68.3 cm³/mol. The number of ether oxygens (including phenoxy) is 1. The maximum atomic E-state index is 5.74. The molecular formula is C11H16N6O. The summed E-state index contributed by atoms with van der Waals surface area (Å²) in [6.45, 7) is 1.31. The molecule has 3 N–H and O–H groups in total. The van der Waals surface area contributed by atoms with Gasteiger partial charge >= 0.3 is 0 Å². The van der Waals surface area contributed by atoms with Crippen molar-refractivity contribution >= 4 is 22.9 Å². The quantitative estimate of drug-likeness (QED) is 0.806. The summed E-state index contributed by atoms with van der Waals surface area (Å²) < 4.78 is 6.99. The topological polar surface area (TPSA) is 90.9 Å². The van der Waals surface area contributed by atoms with E-state index in [0.29, 0.717) is 19.2 Å². The lowest BCUT2D eigenvalue weighted by Crippen LogP contribution is -2.08. The molecule has 7 heteroatoms. The van der Waals surface area contributed by atoms with Gasteiger partial charge in [0.2, 0.25) is 5.95 Å². The van der Waals surface area contributed by atoms with Gasteiger partial charge in [0.1, 0.15) is 0 Å². The van der Waals surface area contributed by atoms with Gasteiger partial charge in [-0.25, -0.2) is 4.98 Å². The number of fused-ring (bicyclic) bond motifs is 1. The highest BCUT2D eigenvalue weighted by molar-refractivity contribution is 5.84. The molecule has 2 heterocycles. The third kappa shape index (κ3) is 2.08. The molecule has 2 aromatic rings. The van der Waals surface area contributed by atoms with E-state index in [9.17, 15) is 0 Å². The van der Waals surface area contributed by atoms with E-state index in [1.807, 2.05) is 4.57 Å². The Morgan fingerprint density at radius 3 is 3.06 bits per heavy atom. The molecule has 96 valence electrons. The van der Waals surface area contributed by atoms with E-state index in [0.717, 1.165) is 17.0 Å². The van der Waals surface area contributed by atoms with Gasteiger partial charge in [0.15, 0.2) is 17.0 Å². The van der Waals surface area contributed by atoms with Crippen molar-refractivity contribution in [2.45, 2.75) is 25.4 Å². The van der Waals surface area contributed by atoms with Crippen molar-refractivity contribution in [1.29, 1.82) is 0 Å². The minimum atomic E-state index is 0.268. The molecule has 0 aromatic carbocycles. The molecule has 1 aliphatic carbocycles. The van der Waals surface area contributed by atoms with Gasteiger partial charge in [-0.05, 0) is 12.8 Å². The number of nitrogens with zero attached hydrogens (tertiary/aromatic N) is 4. The monoisotopic (exact) mass is 248 g/mol. The van der Waals surface area contributed by atoms with E-state index in [1.54, 1.807) is 13.4 Å². The van der Waals surface area contributed by atoms with E-state index in [-0.39, 0.29) is 5.95 Å². The van der Waals surface area contributed by atoms with Crippen molar-refractivity contribution in [3.05, 3.63) is 6.33 Å². The van der Waals surface area contributed by atoms with E-state index < -0.39 is 0 Å². The number of hydrogen-bond acceptors (Lipinski definition) is 6. The Hall–Kier alpha value is -1.89. The molecule has 1 aliphatic rings. The van der Waals surface area contributed by atoms with Crippen LogP contribution < -0.4 is 11.1 Å². The van der Waals surface area contributed by atoms with Crippen LogP contribution in [0.15, 0.2) is 6.33 Å². The molecule has 0 spiro atoms. The fourth-order valence-electron chi connectivity index (χ4n) is 1.84. The molecule has 2 aromatic heterocycles. The van der Waals surface area contributed by atoms with Crippen LogP contribution in [0.25, 0.3) is 11.2 Å². The number of rotatable bonds is 5. The Bertz CT molecular complexity index is 562. The van der Waals surface area contributed by atoms with Crippen molar-refractivity contribution < 1.29 is 4.74 Å². The van der Waals surface area contributed by atoms with Crippen molar-refractivity contribution in [3.8, 4) is 0 Å². The number of nitrogens with two attached hydrogens (primary N) is 1. The van der Waals surface area contributed by atoms with Crippen molar-refractivity contribution in [1.82, 2.24) is 19.5 Å². The molecule has 7 nitrogen and oxygen atoms in total. The maximum Gasteiger partial charge on any atom is 0.224 e. The Morgan fingerprint density at radius 2 is 2.33 bits per heavy atom. The summed E-state index contributed by atoms with van der Waals surface area (Å²) >= 11 is 0. The zero-order valence-corrected chi connectivity index (χ0v) is 10.3. The molecular weight excluding hydrogens is 232 g/mol. The predicted octanol–water partition coefficient (Wildman–Crippen LogP) is 0.629. The number of aromatic nitrogens is 4. The van der Waals surface area contributed by atoms with Crippen LogP contribution in [0.2, 0.25) is 0 Å². The van der Waals surface area contributed by atoms with Crippen LogP contribution in [-0.4, -0.2) is 39.3 Å². The Morgan fingerprint density at radius 1 is 1.50 bits per heavy atom. The largest absolute Gasteiger partial charge is 0.383 e. The van der Waals surface area contributed by atoms with E-state index in [2.05, 4.69) is 20.3 Å². The first kappa shape index (κ1) is 11.2. The summed E-state index contributed by atoms with van der Waals surface area (Å²) in [5.41, 5.74) is 7.27. The van der Waals surface area contributed by atoms with Gasteiger partial charge < -0.3 is 20.4 Å². The van der Waals surface area contributed by atoms with Crippen LogP contribution in [0.3, 0.4) is 0 Å². The molecule has 0 amide bonds. The first-order valence-electron chi connectivity index (χ1n) is 6.02. The van der Waals surface area contributed by atoms with E-state index >= 15 is 0 Å². The first-order chi connectivity index (χ1) is 8.78. The molecule has 18 heavy (non-hydrogen) atoms. The standard InChI is InChI=1S/C11H16N6O/c1-18-5-4-17-6-13-8-9(14-7-2-3-7)15-11(12)16-10(8)17/h6-7H,2-5H2,1H3,(H3,12,14,15,16). The Balaban J connectivity index is 1.99. The molecule has 0 unspecified atom stereocenters. The summed E-state index contributed by atoms with van der Waals surface area (Å²) in [7, 11) is 1.67. The summed E-state index contributed by atoms with van der Waals surface area (Å²) in [6, 6.07) is 0.506. The maximum absolute atomic E-state index is 5.74. The van der Waals surface area contributed by atoms with Crippen molar-refractivity contribution in [3.63, 3.8) is 0 Å². The smallest absolute Gasteiger partial charge is 0.224 e. The highest BCUT2D eigenvalue weighted by Gasteiger charge is 2.23.